The molecular weight excluding hydrogens is 349 g/mol. The van der Waals surface area contributed by atoms with Gasteiger partial charge < -0.3 is 15.5 Å². The standard InChI is InChI=1S/C19H16FN5O2/c1-11(6-21)10-27-19-16(20)5-14(9-25-19)13-4-15-12(2-3-17(22)26)7-23-18(15)24-8-13/h2-5,7-9,11H,10H2,1H3,(H2,22,26)(H,23,24)/t11-/m0/s1. The van der Waals surface area contributed by atoms with Crippen LogP contribution in [0.25, 0.3) is 28.2 Å². The van der Waals surface area contributed by atoms with Gasteiger partial charge in [-0.15, -0.1) is 0 Å². The van der Waals surface area contributed by atoms with Crippen LogP contribution < -0.4 is 10.5 Å². The zero-order valence-electron chi connectivity index (χ0n) is 14.4. The Kier molecular flexibility index (Phi) is 5.13. The summed E-state index contributed by atoms with van der Waals surface area (Å²) in [5.74, 6) is -1.69. The number of ether oxygens (including phenoxy) is 1. The summed E-state index contributed by atoms with van der Waals surface area (Å²) in [4.78, 5) is 22.2. The number of primary amides is 1. The van der Waals surface area contributed by atoms with Gasteiger partial charge in [0.1, 0.15) is 12.3 Å². The van der Waals surface area contributed by atoms with Crippen molar-refractivity contribution in [2.75, 3.05) is 6.61 Å². The Morgan fingerprint density at radius 1 is 1.41 bits per heavy atom. The lowest BCUT2D eigenvalue weighted by molar-refractivity contribution is -0.113. The highest BCUT2D eigenvalue weighted by atomic mass is 19.1. The number of fused-ring (bicyclic) bond motifs is 1. The van der Waals surface area contributed by atoms with Crippen LogP contribution in [0.5, 0.6) is 5.88 Å². The van der Waals surface area contributed by atoms with Gasteiger partial charge in [0, 0.05) is 46.7 Å². The van der Waals surface area contributed by atoms with Crippen LogP contribution in [-0.2, 0) is 4.79 Å². The largest absolute Gasteiger partial charge is 0.474 e. The number of nitrogens with zero attached hydrogens (tertiary/aromatic N) is 3. The number of aromatic amines is 1. The van der Waals surface area contributed by atoms with Crippen LogP contribution in [0.15, 0.2) is 36.8 Å². The summed E-state index contributed by atoms with van der Waals surface area (Å²) >= 11 is 0. The van der Waals surface area contributed by atoms with Crippen LogP contribution >= 0.6 is 0 Å². The smallest absolute Gasteiger partial charge is 0.250 e. The Morgan fingerprint density at radius 3 is 2.85 bits per heavy atom. The summed E-state index contributed by atoms with van der Waals surface area (Å²) in [5, 5.41) is 9.51. The van der Waals surface area contributed by atoms with Gasteiger partial charge in [0.25, 0.3) is 0 Å². The maximum Gasteiger partial charge on any atom is 0.250 e. The minimum absolute atomic E-state index is 0.0617. The van der Waals surface area contributed by atoms with E-state index < -0.39 is 11.7 Å². The molecule has 0 saturated heterocycles. The van der Waals surface area contributed by atoms with Gasteiger partial charge in [-0.1, -0.05) is 0 Å². The van der Waals surface area contributed by atoms with Crippen molar-refractivity contribution in [2.45, 2.75) is 6.92 Å². The minimum Gasteiger partial charge on any atom is -0.474 e. The summed E-state index contributed by atoms with van der Waals surface area (Å²) in [6.45, 7) is 1.74. The molecule has 0 fully saturated rings. The van der Waals surface area contributed by atoms with Gasteiger partial charge in [0.2, 0.25) is 11.8 Å². The van der Waals surface area contributed by atoms with E-state index in [1.165, 1.54) is 18.3 Å². The van der Waals surface area contributed by atoms with E-state index in [1.54, 1.807) is 25.4 Å². The molecule has 7 nitrogen and oxygen atoms in total. The lowest BCUT2D eigenvalue weighted by Crippen LogP contribution is -2.08. The molecule has 27 heavy (non-hydrogen) atoms. The van der Waals surface area contributed by atoms with E-state index in [1.807, 2.05) is 12.1 Å². The number of carbonyl (C=O) groups excluding carboxylic acids is 1. The number of pyridine rings is 2. The molecule has 0 aliphatic rings. The number of nitrogens with one attached hydrogen (secondary N) is 1. The van der Waals surface area contributed by atoms with Crippen molar-refractivity contribution in [3.05, 3.63) is 48.2 Å². The molecule has 3 heterocycles. The lowest BCUT2D eigenvalue weighted by Gasteiger charge is -2.08. The maximum absolute atomic E-state index is 14.3. The highest BCUT2D eigenvalue weighted by molar-refractivity contribution is 5.95. The number of hydrogen-bond donors (Lipinski definition) is 2. The zero-order valence-corrected chi connectivity index (χ0v) is 14.4. The van der Waals surface area contributed by atoms with E-state index in [9.17, 15) is 9.18 Å². The molecule has 3 aromatic heterocycles. The Hall–Kier alpha value is -3.73. The predicted octanol–water partition coefficient (Wildman–Crippen LogP) is 2.80. The molecule has 0 saturated carbocycles. The average molecular weight is 365 g/mol. The van der Waals surface area contributed by atoms with Gasteiger partial charge >= 0.3 is 0 Å². The Balaban J connectivity index is 1.91. The van der Waals surface area contributed by atoms with Crippen LogP contribution in [-0.4, -0.2) is 27.5 Å². The lowest BCUT2D eigenvalue weighted by atomic mass is 10.1. The number of amides is 1. The third-order valence-electron chi connectivity index (χ3n) is 3.82. The molecule has 3 N–H and O–H groups in total. The highest BCUT2D eigenvalue weighted by Crippen LogP contribution is 2.27. The van der Waals surface area contributed by atoms with Crippen molar-refractivity contribution in [3.8, 4) is 23.1 Å². The van der Waals surface area contributed by atoms with Crippen molar-refractivity contribution >= 4 is 23.0 Å². The molecule has 0 aliphatic carbocycles. The van der Waals surface area contributed by atoms with E-state index in [-0.39, 0.29) is 18.4 Å². The quantitative estimate of drug-likeness (QED) is 0.651. The molecule has 8 heteroatoms. The second-order valence-electron chi connectivity index (χ2n) is 5.95. The molecule has 0 aromatic carbocycles. The number of hydrogen-bond acceptors (Lipinski definition) is 5. The molecule has 0 spiro atoms. The molecule has 3 aromatic rings. The first-order chi connectivity index (χ1) is 13.0. The molecule has 136 valence electrons. The van der Waals surface area contributed by atoms with Gasteiger partial charge in [-0.3, -0.25) is 4.79 Å². The molecule has 3 rings (SSSR count). The van der Waals surface area contributed by atoms with Crippen LogP contribution in [0.3, 0.4) is 0 Å². The third-order valence-corrected chi connectivity index (χ3v) is 3.82. The average Bonchev–Trinajstić information content (AvgIpc) is 3.07. The molecule has 1 atom stereocenters. The second-order valence-corrected chi connectivity index (χ2v) is 5.95. The molecule has 0 radical (unpaired) electrons. The Bertz CT molecular complexity index is 1070. The number of carbonyl (C=O) groups is 1. The third kappa shape index (κ3) is 4.10. The van der Waals surface area contributed by atoms with Crippen molar-refractivity contribution in [3.63, 3.8) is 0 Å². The minimum atomic E-state index is -0.624. The van der Waals surface area contributed by atoms with Gasteiger partial charge in [-0.05, 0) is 25.1 Å². The molecular formula is C19H16FN5O2. The van der Waals surface area contributed by atoms with E-state index >= 15 is 0 Å². The topological polar surface area (TPSA) is 118 Å². The number of nitrogens with two attached hydrogens (primary N) is 1. The SMILES string of the molecule is C[C@@H](C#N)COc1ncc(-c2cnc3[nH]cc(C=CC(N)=O)c3c2)cc1F. The number of aromatic nitrogens is 3. The second kappa shape index (κ2) is 7.66. The number of rotatable bonds is 6. The number of H-pyrrole nitrogens is 1. The first-order valence-corrected chi connectivity index (χ1v) is 8.11. The van der Waals surface area contributed by atoms with Crippen LogP contribution in [0, 0.1) is 23.1 Å². The van der Waals surface area contributed by atoms with Crippen molar-refractivity contribution in [2.24, 2.45) is 11.7 Å². The highest BCUT2D eigenvalue weighted by Gasteiger charge is 2.11. The predicted molar refractivity (Wildman–Crippen MR) is 97.8 cm³/mol. The van der Waals surface area contributed by atoms with Crippen molar-refractivity contribution < 1.29 is 13.9 Å². The van der Waals surface area contributed by atoms with E-state index in [0.29, 0.717) is 16.8 Å². The van der Waals surface area contributed by atoms with Crippen molar-refractivity contribution in [1.82, 2.24) is 15.0 Å². The van der Waals surface area contributed by atoms with Gasteiger partial charge in [-0.25, -0.2) is 14.4 Å². The monoisotopic (exact) mass is 365 g/mol. The Morgan fingerprint density at radius 2 is 2.15 bits per heavy atom. The van der Waals surface area contributed by atoms with Crippen LogP contribution in [0.2, 0.25) is 0 Å². The molecule has 0 bridgehead atoms. The van der Waals surface area contributed by atoms with E-state index in [0.717, 1.165) is 10.9 Å². The fourth-order valence-electron chi connectivity index (χ4n) is 2.42. The van der Waals surface area contributed by atoms with Crippen LogP contribution in [0.1, 0.15) is 12.5 Å². The maximum atomic E-state index is 14.3. The number of nitriles is 1. The molecule has 0 unspecified atom stereocenters. The fraction of sp³-hybridized carbons (Fsp3) is 0.158. The van der Waals surface area contributed by atoms with E-state index in [4.69, 9.17) is 15.7 Å². The van der Waals surface area contributed by atoms with Gasteiger partial charge in [-0.2, -0.15) is 5.26 Å². The molecule has 1 amide bonds. The summed E-state index contributed by atoms with van der Waals surface area (Å²) in [7, 11) is 0. The molecule has 0 aliphatic heterocycles. The number of halogens is 1. The van der Waals surface area contributed by atoms with E-state index in [2.05, 4.69) is 15.0 Å². The summed E-state index contributed by atoms with van der Waals surface area (Å²) in [6, 6.07) is 5.12. The van der Waals surface area contributed by atoms with Crippen LogP contribution in [0.4, 0.5) is 4.39 Å². The summed E-state index contributed by atoms with van der Waals surface area (Å²) in [5.41, 5.74) is 7.66. The van der Waals surface area contributed by atoms with Gasteiger partial charge in [0.15, 0.2) is 5.82 Å². The van der Waals surface area contributed by atoms with Gasteiger partial charge in [0.05, 0.1) is 12.0 Å². The fourth-order valence-corrected chi connectivity index (χ4v) is 2.42. The summed E-state index contributed by atoms with van der Waals surface area (Å²) in [6.07, 6.45) is 7.61. The normalized spacial score (nSPS) is 12.2. The first-order valence-electron chi connectivity index (χ1n) is 8.11. The van der Waals surface area contributed by atoms with Crippen molar-refractivity contribution in [1.29, 1.82) is 5.26 Å². The first kappa shape index (κ1) is 18.1. The zero-order chi connectivity index (χ0) is 19.4. The summed E-state index contributed by atoms with van der Waals surface area (Å²) < 4.78 is 19.5. The Labute approximate surface area is 154 Å².